The summed E-state index contributed by atoms with van der Waals surface area (Å²) in [5.74, 6) is -1.05. The molecule has 0 aliphatic carbocycles. The van der Waals surface area contributed by atoms with E-state index in [1.54, 1.807) is 18.2 Å². The largest absolute Gasteiger partial charge is 0.478 e. The molecule has 3 rings (SSSR count). The van der Waals surface area contributed by atoms with Gasteiger partial charge < -0.3 is 9.67 Å². The second-order valence-corrected chi connectivity index (χ2v) is 6.07. The number of halogens is 3. The fourth-order valence-corrected chi connectivity index (χ4v) is 3.33. The van der Waals surface area contributed by atoms with Gasteiger partial charge in [0.05, 0.1) is 21.1 Å². The van der Waals surface area contributed by atoms with Gasteiger partial charge in [-0.3, -0.25) is 0 Å². The zero-order valence-electron chi connectivity index (χ0n) is 11.2. The third kappa shape index (κ3) is 2.68. The molecule has 0 aliphatic rings. The molecule has 1 heterocycles. The van der Waals surface area contributed by atoms with Gasteiger partial charge in [0.2, 0.25) is 0 Å². The lowest BCUT2D eigenvalue weighted by molar-refractivity contribution is 0.0697. The van der Waals surface area contributed by atoms with E-state index in [1.165, 1.54) is 6.07 Å². The molecule has 0 spiro atoms. The molecule has 0 atom stereocenters. The van der Waals surface area contributed by atoms with Gasteiger partial charge in [0.1, 0.15) is 0 Å². The molecular formula is C16H10Cl3NO2. The molecule has 2 aromatic carbocycles. The summed E-state index contributed by atoms with van der Waals surface area (Å²) in [5, 5.41) is 11.4. The summed E-state index contributed by atoms with van der Waals surface area (Å²) in [5.41, 5.74) is 1.64. The first-order chi connectivity index (χ1) is 10.5. The number of rotatable bonds is 3. The molecule has 0 amide bonds. The Bertz CT molecular complexity index is 886. The summed E-state index contributed by atoms with van der Waals surface area (Å²) in [7, 11) is 0. The van der Waals surface area contributed by atoms with Crippen molar-refractivity contribution in [3.63, 3.8) is 0 Å². The lowest BCUT2D eigenvalue weighted by Crippen LogP contribution is -2.03. The lowest BCUT2D eigenvalue weighted by Gasteiger charge is -2.10. The average Bonchev–Trinajstić information content (AvgIpc) is 2.83. The van der Waals surface area contributed by atoms with Crippen molar-refractivity contribution < 1.29 is 9.90 Å². The fraction of sp³-hybridized carbons (Fsp3) is 0.0625. The highest BCUT2D eigenvalue weighted by Gasteiger charge is 2.14. The smallest absolute Gasteiger partial charge is 0.337 e. The molecule has 0 unspecified atom stereocenters. The number of carboxylic acids is 1. The summed E-state index contributed by atoms with van der Waals surface area (Å²) in [4.78, 5) is 11.2. The Hall–Kier alpha value is -1.68. The van der Waals surface area contributed by atoms with Crippen LogP contribution in [0.1, 0.15) is 15.9 Å². The molecule has 0 radical (unpaired) electrons. The molecule has 3 aromatic rings. The van der Waals surface area contributed by atoms with Crippen molar-refractivity contribution in [1.82, 2.24) is 4.57 Å². The number of aromatic carboxylic acids is 1. The standard InChI is InChI=1S/C16H10Cl3NO2/c17-11-6-9-4-5-20(15(9)13(18)7-11)8-10-2-1-3-12(14(10)19)16(21)22/h1-7H,8H2,(H,21,22). The highest BCUT2D eigenvalue weighted by atomic mass is 35.5. The Balaban J connectivity index is 2.08. The monoisotopic (exact) mass is 353 g/mol. The minimum atomic E-state index is -1.05. The minimum absolute atomic E-state index is 0.0877. The van der Waals surface area contributed by atoms with Gasteiger partial charge in [-0.1, -0.05) is 46.9 Å². The summed E-state index contributed by atoms with van der Waals surface area (Å²) in [6.07, 6.45) is 1.87. The van der Waals surface area contributed by atoms with E-state index in [0.717, 1.165) is 10.9 Å². The van der Waals surface area contributed by atoms with Crippen LogP contribution in [0, 0.1) is 0 Å². The molecule has 0 saturated carbocycles. The Morgan fingerprint density at radius 1 is 1.14 bits per heavy atom. The highest BCUT2D eigenvalue weighted by molar-refractivity contribution is 6.38. The normalized spacial score (nSPS) is 11.0. The molecule has 0 fully saturated rings. The first-order valence-electron chi connectivity index (χ1n) is 6.42. The van der Waals surface area contributed by atoms with Gasteiger partial charge in [-0.15, -0.1) is 0 Å². The van der Waals surface area contributed by atoms with E-state index in [-0.39, 0.29) is 10.6 Å². The van der Waals surface area contributed by atoms with Crippen molar-refractivity contribution in [2.24, 2.45) is 0 Å². The predicted molar refractivity (Wildman–Crippen MR) is 89.5 cm³/mol. The zero-order chi connectivity index (χ0) is 15.9. The maximum atomic E-state index is 11.2. The van der Waals surface area contributed by atoms with E-state index in [2.05, 4.69) is 0 Å². The number of fused-ring (bicyclic) bond motifs is 1. The van der Waals surface area contributed by atoms with Crippen molar-refractivity contribution in [3.05, 3.63) is 68.8 Å². The number of nitrogens with zero attached hydrogens (tertiary/aromatic N) is 1. The SMILES string of the molecule is O=C(O)c1cccc(Cn2ccc3cc(Cl)cc(Cl)c32)c1Cl. The van der Waals surface area contributed by atoms with E-state index < -0.39 is 5.97 Å². The van der Waals surface area contributed by atoms with E-state index in [1.807, 2.05) is 22.9 Å². The van der Waals surface area contributed by atoms with Crippen LogP contribution in [0.4, 0.5) is 0 Å². The Morgan fingerprint density at radius 2 is 1.91 bits per heavy atom. The van der Waals surface area contributed by atoms with Crippen molar-refractivity contribution >= 4 is 51.7 Å². The molecule has 1 aromatic heterocycles. The van der Waals surface area contributed by atoms with E-state index >= 15 is 0 Å². The van der Waals surface area contributed by atoms with Gasteiger partial charge in [0, 0.05) is 23.2 Å². The summed E-state index contributed by atoms with van der Waals surface area (Å²) < 4.78 is 1.92. The van der Waals surface area contributed by atoms with Crippen LogP contribution in [0.15, 0.2) is 42.6 Å². The Morgan fingerprint density at radius 3 is 2.64 bits per heavy atom. The summed E-state index contributed by atoms with van der Waals surface area (Å²) in [6.45, 7) is 0.421. The third-order valence-electron chi connectivity index (χ3n) is 3.43. The van der Waals surface area contributed by atoms with E-state index in [9.17, 15) is 4.79 Å². The molecule has 22 heavy (non-hydrogen) atoms. The number of carboxylic acid groups (broad SMARTS) is 1. The van der Waals surface area contributed by atoms with Gasteiger partial charge in [0.25, 0.3) is 0 Å². The van der Waals surface area contributed by atoms with Crippen molar-refractivity contribution in [2.75, 3.05) is 0 Å². The van der Waals surface area contributed by atoms with Crippen molar-refractivity contribution in [1.29, 1.82) is 0 Å². The van der Waals surface area contributed by atoms with Crippen LogP contribution >= 0.6 is 34.8 Å². The van der Waals surface area contributed by atoms with Crippen LogP contribution in [-0.2, 0) is 6.54 Å². The number of benzene rings is 2. The van der Waals surface area contributed by atoms with Gasteiger partial charge in [-0.2, -0.15) is 0 Å². The average molecular weight is 355 g/mol. The predicted octanol–water partition coefficient (Wildman–Crippen LogP) is 5.35. The van der Waals surface area contributed by atoms with Crippen molar-refractivity contribution in [2.45, 2.75) is 6.54 Å². The molecule has 1 N–H and O–H groups in total. The Kier molecular flexibility index (Phi) is 4.04. The zero-order valence-corrected chi connectivity index (χ0v) is 13.5. The quantitative estimate of drug-likeness (QED) is 0.689. The minimum Gasteiger partial charge on any atom is -0.478 e. The molecule has 3 nitrogen and oxygen atoms in total. The summed E-state index contributed by atoms with van der Waals surface area (Å²) in [6, 6.07) is 10.4. The van der Waals surface area contributed by atoms with Crippen LogP contribution < -0.4 is 0 Å². The van der Waals surface area contributed by atoms with Gasteiger partial charge in [-0.05, 0) is 29.8 Å². The molecule has 0 aliphatic heterocycles. The van der Waals surface area contributed by atoms with E-state index in [0.29, 0.717) is 22.2 Å². The second-order valence-electron chi connectivity index (χ2n) is 4.85. The first-order valence-corrected chi connectivity index (χ1v) is 7.55. The topological polar surface area (TPSA) is 42.2 Å². The van der Waals surface area contributed by atoms with Gasteiger partial charge in [0.15, 0.2) is 0 Å². The van der Waals surface area contributed by atoms with E-state index in [4.69, 9.17) is 39.9 Å². The molecule has 6 heteroatoms. The van der Waals surface area contributed by atoms with Crippen LogP contribution in [-0.4, -0.2) is 15.6 Å². The number of carbonyl (C=O) groups is 1. The van der Waals surface area contributed by atoms with Crippen LogP contribution in [0.3, 0.4) is 0 Å². The summed E-state index contributed by atoms with van der Waals surface area (Å²) >= 11 is 18.4. The van der Waals surface area contributed by atoms with Crippen LogP contribution in [0.2, 0.25) is 15.1 Å². The first kappa shape index (κ1) is 15.2. The molecule has 0 bridgehead atoms. The fourth-order valence-electron chi connectivity index (χ4n) is 2.44. The second kappa shape index (κ2) is 5.84. The molecule has 112 valence electrons. The lowest BCUT2D eigenvalue weighted by atomic mass is 10.1. The Labute approximate surface area is 141 Å². The maximum Gasteiger partial charge on any atom is 0.337 e. The van der Waals surface area contributed by atoms with Gasteiger partial charge in [-0.25, -0.2) is 4.79 Å². The third-order valence-corrected chi connectivity index (χ3v) is 4.38. The number of hydrogen-bond acceptors (Lipinski definition) is 1. The van der Waals surface area contributed by atoms with Crippen LogP contribution in [0.5, 0.6) is 0 Å². The molecule has 0 saturated heterocycles. The highest BCUT2D eigenvalue weighted by Crippen LogP contribution is 2.30. The number of hydrogen-bond donors (Lipinski definition) is 1. The molecular weight excluding hydrogens is 345 g/mol. The van der Waals surface area contributed by atoms with Crippen molar-refractivity contribution in [3.8, 4) is 0 Å². The van der Waals surface area contributed by atoms with Gasteiger partial charge >= 0.3 is 5.97 Å². The van der Waals surface area contributed by atoms with Crippen LogP contribution in [0.25, 0.3) is 10.9 Å². The number of aromatic nitrogens is 1. The maximum absolute atomic E-state index is 11.2.